The van der Waals surface area contributed by atoms with Crippen LogP contribution in [0.25, 0.3) is 0 Å². The molecule has 2 rings (SSSR count). The van der Waals surface area contributed by atoms with E-state index >= 15 is 0 Å². The molecular formula is C14H24N4O2. The molecule has 112 valence electrons. The molecule has 1 aromatic heterocycles. The van der Waals surface area contributed by atoms with Gasteiger partial charge in [0.1, 0.15) is 0 Å². The number of carboxylic acids is 1. The minimum Gasteiger partial charge on any atom is -0.479 e. The molecule has 1 aliphatic rings. The van der Waals surface area contributed by atoms with Crippen LogP contribution in [0, 0.1) is 11.3 Å². The van der Waals surface area contributed by atoms with Crippen molar-refractivity contribution in [2.24, 2.45) is 11.3 Å². The van der Waals surface area contributed by atoms with Crippen molar-refractivity contribution in [3.8, 4) is 0 Å². The lowest BCUT2D eigenvalue weighted by atomic mass is 9.76. The Morgan fingerprint density at radius 3 is 2.55 bits per heavy atom. The SMILES string of the molecule is CC(Cc1nnnn1C1(C(=O)O)CCC1)CC(C)(C)C. The number of carboxylic acid groups (broad SMARTS) is 1. The lowest BCUT2D eigenvalue weighted by Crippen LogP contribution is -2.49. The average Bonchev–Trinajstić information content (AvgIpc) is 2.61. The summed E-state index contributed by atoms with van der Waals surface area (Å²) in [5, 5.41) is 21.2. The maximum Gasteiger partial charge on any atom is 0.331 e. The average molecular weight is 280 g/mol. The lowest BCUT2D eigenvalue weighted by Gasteiger charge is -2.37. The van der Waals surface area contributed by atoms with Crippen molar-refractivity contribution in [3.63, 3.8) is 0 Å². The lowest BCUT2D eigenvalue weighted by molar-refractivity contribution is -0.153. The molecule has 6 heteroatoms. The van der Waals surface area contributed by atoms with E-state index in [1.54, 1.807) is 4.68 Å². The Morgan fingerprint density at radius 2 is 2.10 bits per heavy atom. The number of rotatable bonds is 5. The highest BCUT2D eigenvalue weighted by Crippen LogP contribution is 2.39. The Balaban J connectivity index is 2.15. The molecule has 0 saturated heterocycles. The summed E-state index contributed by atoms with van der Waals surface area (Å²) in [7, 11) is 0. The van der Waals surface area contributed by atoms with E-state index in [1.807, 2.05) is 0 Å². The van der Waals surface area contributed by atoms with Crippen molar-refractivity contribution in [2.75, 3.05) is 0 Å². The fraction of sp³-hybridized carbons (Fsp3) is 0.857. The van der Waals surface area contributed by atoms with Crippen LogP contribution in [-0.2, 0) is 16.8 Å². The number of aliphatic carboxylic acids is 1. The maximum atomic E-state index is 11.6. The monoisotopic (exact) mass is 280 g/mol. The van der Waals surface area contributed by atoms with Gasteiger partial charge in [0.25, 0.3) is 0 Å². The summed E-state index contributed by atoms with van der Waals surface area (Å²) in [6.45, 7) is 8.78. The summed E-state index contributed by atoms with van der Waals surface area (Å²) in [5.41, 5.74) is -0.654. The van der Waals surface area contributed by atoms with Crippen LogP contribution >= 0.6 is 0 Å². The second kappa shape index (κ2) is 5.14. The minimum atomic E-state index is -0.902. The predicted molar refractivity (Wildman–Crippen MR) is 74.2 cm³/mol. The number of nitrogens with zero attached hydrogens (tertiary/aromatic N) is 4. The summed E-state index contributed by atoms with van der Waals surface area (Å²) in [5.74, 6) is 0.301. The third-order valence-electron chi connectivity index (χ3n) is 4.01. The first-order chi connectivity index (χ1) is 9.24. The van der Waals surface area contributed by atoms with Crippen LogP contribution < -0.4 is 0 Å². The number of tetrazole rings is 1. The molecule has 1 fully saturated rings. The van der Waals surface area contributed by atoms with E-state index in [9.17, 15) is 9.90 Å². The highest BCUT2D eigenvalue weighted by Gasteiger charge is 2.48. The molecule has 6 nitrogen and oxygen atoms in total. The molecule has 1 saturated carbocycles. The zero-order valence-electron chi connectivity index (χ0n) is 12.8. The third kappa shape index (κ3) is 2.83. The summed E-state index contributed by atoms with van der Waals surface area (Å²) in [4.78, 5) is 11.6. The molecule has 0 aromatic carbocycles. The zero-order chi connectivity index (χ0) is 15.0. The van der Waals surface area contributed by atoms with Gasteiger partial charge in [-0.2, -0.15) is 0 Å². The van der Waals surface area contributed by atoms with E-state index in [-0.39, 0.29) is 5.41 Å². The van der Waals surface area contributed by atoms with Crippen LogP contribution in [0.4, 0.5) is 0 Å². The standard InChI is InChI=1S/C14H24N4O2/c1-10(9-13(2,3)4)8-11-15-16-17-18(11)14(12(19)20)6-5-7-14/h10H,5-9H2,1-4H3,(H,19,20). The molecule has 1 aromatic rings. The van der Waals surface area contributed by atoms with Gasteiger partial charge in [0.05, 0.1) is 0 Å². The molecule has 1 atom stereocenters. The van der Waals surface area contributed by atoms with Gasteiger partial charge in [-0.25, -0.2) is 9.48 Å². The van der Waals surface area contributed by atoms with Crippen LogP contribution in [0.15, 0.2) is 0 Å². The normalized spacial score (nSPS) is 19.4. The molecule has 0 radical (unpaired) electrons. The van der Waals surface area contributed by atoms with E-state index in [4.69, 9.17) is 0 Å². The molecule has 1 N–H and O–H groups in total. The Labute approximate surface area is 119 Å². The summed E-state index contributed by atoms with van der Waals surface area (Å²) in [6.07, 6.45) is 3.93. The minimum absolute atomic E-state index is 0.249. The molecule has 1 unspecified atom stereocenters. The first-order valence-corrected chi connectivity index (χ1v) is 7.26. The Bertz CT molecular complexity index is 486. The molecule has 0 spiro atoms. The van der Waals surface area contributed by atoms with Crippen LogP contribution in [0.3, 0.4) is 0 Å². The van der Waals surface area contributed by atoms with Crippen LogP contribution in [0.2, 0.25) is 0 Å². The van der Waals surface area contributed by atoms with E-state index in [1.165, 1.54) is 0 Å². The van der Waals surface area contributed by atoms with Gasteiger partial charge in [-0.1, -0.05) is 27.7 Å². The van der Waals surface area contributed by atoms with Crippen LogP contribution in [0.5, 0.6) is 0 Å². The van der Waals surface area contributed by atoms with E-state index in [0.717, 1.165) is 19.3 Å². The summed E-state index contributed by atoms with van der Waals surface area (Å²) >= 11 is 0. The van der Waals surface area contributed by atoms with E-state index in [2.05, 4.69) is 43.2 Å². The van der Waals surface area contributed by atoms with Gasteiger partial charge < -0.3 is 5.11 Å². The maximum absolute atomic E-state index is 11.6. The Kier molecular flexibility index (Phi) is 3.84. The molecule has 0 bridgehead atoms. The quantitative estimate of drug-likeness (QED) is 0.894. The van der Waals surface area contributed by atoms with Crippen molar-refractivity contribution in [1.29, 1.82) is 0 Å². The summed E-state index contributed by atoms with van der Waals surface area (Å²) in [6, 6.07) is 0. The van der Waals surface area contributed by atoms with Crippen molar-refractivity contribution in [1.82, 2.24) is 20.2 Å². The summed E-state index contributed by atoms with van der Waals surface area (Å²) < 4.78 is 1.55. The van der Waals surface area contributed by atoms with Gasteiger partial charge in [-0.15, -0.1) is 5.10 Å². The fourth-order valence-corrected chi connectivity index (χ4v) is 3.12. The first-order valence-electron chi connectivity index (χ1n) is 7.26. The smallest absolute Gasteiger partial charge is 0.331 e. The number of hydrogen-bond donors (Lipinski definition) is 1. The number of hydrogen-bond acceptors (Lipinski definition) is 4. The molecule has 1 heterocycles. The van der Waals surface area contributed by atoms with Gasteiger partial charge in [0, 0.05) is 6.42 Å². The van der Waals surface area contributed by atoms with Gasteiger partial charge in [-0.05, 0) is 47.4 Å². The van der Waals surface area contributed by atoms with E-state index < -0.39 is 11.5 Å². The van der Waals surface area contributed by atoms with Crippen LogP contribution in [0.1, 0.15) is 59.2 Å². The highest BCUT2D eigenvalue weighted by molar-refractivity contribution is 5.77. The van der Waals surface area contributed by atoms with Crippen molar-refractivity contribution >= 4 is 5.97 Å². The second-order valence-corrected chi connectivity index (χ2v) is 7.27. The molecule has 20 heavy (non-hydrogen) atoms. The molecule has 0 amide bonds. The fourth-order valence-electron chi connectivity index (χ4n) is 3.12. The van der Waals surface area contributed by atoms with Gasteiger partial charge in [-0.3, -0.25) is 0 Å². The third-order valence-corrected chi connectivity index (χ3v) is 4.01. The van der Waals surface area contributed by atoms with Gasteiger partial charge in [0.15, 0.2) is 11.4 Å². The molecular weight excluding hydrogens is 256 g/mol. The first kappa shape index (κ1) is 14.9. The molecule has 1 aliphatic carbocycles. The van der Waals surface area contributed by atoms with Crippen molar-refractivity contribution in [2.45, 2.75) is 65.3 Å². The van der Waals surface area contributed by atoms with Gasteiger partial charge in [0.2, 0.25) is 0 Å². The number of aromatic nitrogens is 4. The van der Waals surface area contributed by atoms with Crippen LogP contribution in [-0.4, -0.2) is 31.3 Å². The Hall–Kier alpha value is -1.46. The topological polar surface area (TPSA) is 80.9 Å². The number of carbonyl (C=O) groups is 1. The van der Waals surface area contributed by atoms with Gasteiger partial charge >= 0.3 is 5.97 Å². The zero-order valence-corrected chi connectivity index (χ0v) is 12.8. The molecule has 0 aliphatic heterocycles. The Morgan fingerprint density at radius 1 is 1.45 bits per heavy atom. The predicted octanol–water partition coefficient (Wildman–Crippen LogP) is 2.25. The van der Waals surface area contributed by atoms with Crippen molar-refractivity contribution in [3.05, 3.63) is 5.82 Å². The second-order valence-electron chi connectivity index (χ2n) is 7.27. The largest absolute Gasteiger partial charge is 0.479 e. The van der Waals surface area contributed by atoms with Crippen molar-refractivity contribution < 1.29 is 9.90 Å². The highest BCUT2D eigenvalue weighted by atomic mass is 16.4. The van der Waals surface area contributed by atoms with E-state index in [0.29, 0.717) is 24.6 Å².